The lowest BCUT2D eigenvalue weighted by Gasteiger charge is -2.12. The van der Waals surface area contributed by atoms with Gasteiger partial charge in [-0.05, 0) is 52.7 Å². The molecule has 0 aliphatic rings. The summed E-state index contributed by atoms with van der Waals surface area (Å²) in [5.41, 5.74) is 1.07. The van der Waals surface area contributed by atoms with Crippen molar-refractivity contribution < 1.29 is 8.42 Å². The first kappa shape index (κ1) is 15.7. The molecule has 1 aromatic heterocycles. The highest BCUT2D eigenvalue weighted by Crippen LogP contribution is 2.27. The van der Waals surface area contributed by atoms with Gasteiger partial charge < -0.3 is 5.32 Å². The predicted octanol–water partition coefficient (Wildman–Crippen LogP) is 3.76. The van der Waals surface area contributed by atoms with E-state index >= 15 is 0 Å². The van der Waals surface area contributed by atoms with Crippen LogP contribution in [-0.2, 0) is 16.4 Å². The molecule has 2 aromatic rings. The van der Waals surface area contributed by atoms with E-state index in [1.165, 1.54) is 11.1 Å². The minimum absolute atomic E-state index is 0.265. The van der Waals surface area contributed by atoms with Gasteiger partial charge in [-0.2, -0.15) is 0 Å². The van der Waals surface area contributed by atoms with E-state index in [1.54, 1.807) is 23.5 Å². The highest BCUT2D eigenvalue weighted by Gasteiger charge is 2.09. The first-order valence-corrected chi connectivity index (χ1v) is 9.64. The van der Waals surface area contributed by atoms with Gasteiger partial charge in [-0.3, -0.25) is 0 Å². The smallest absolute Gasteiger partial charge is 0.175 e. The van der Waals surface area contributed by atoms with E-state index in [2.05, 4.69) is 34.2 Å². The van der Waals surface area contributed by atoms with Gasteiger partial charge in [0.05, 0.1) is 8.68 Å². The van der Waals surface area contributed by atoms with Crippen LogP contribution in [0.15, 0.2) is 45.1 Å². The second kappa shape index (κ2) is 6.39. The minimum Gasteiger partial charge on any atom is -0.305 e. The van der Waals surface area contributed by atoms with Gasteiger partial charge in [0.1, 0.15) is 0 Å². The quantitative estimate of drug-likeness (QED) is 0.867. The molecule has 0 aliphatic heterocycles. The lowest BCUT2D eigenvalue weighted by molar-refractivity contribution is 0.582. The predicted molar refractivity (Wildman–Crippen MR) is 86.8 cm³/mol. The van der Waals surface area contributed by atoms with Gasteiger partial charge in [0.25, 0.3) is 0 Å². The van der Waals surface area contributed by atoms with Gasteiger partial charge in [-0.25, -0.2) is 8.42 Å². The molecule has 0 radical (unpaired) electrons. The first-order chi connectivity index (χ1) is 9.36. The second-order valence-corrected chi connectivity index (χ2v) is 9.17. The molecule has 6 heteroatoms. The molecule has 108 valence electrons. The summed E-state index contributed by atoms with van der Waals surface area (Å²) in [6.07, 6.45) is 1.22. The maximum Gasteiger partial charge on any atom is 0.175 e. The monoisotopic (exact) mass is 373 g/mol. The number of sulfone groups is 1. The summed E-state index contributed by atoms with van der Waals surface area (Å²) in [4.78, 5) is 1.63. The van der Waals surface area contributed by atoms with Crippen LogP contribution in [0, 0.1) is 0 Å². The largest absolute Gasteiger partial charge is 0.305 e. The molecule has 1 aromatic carbocycles. The van der Waals surface area contributed by atoms with Gasteiger partial charge in [0, 0.05) is 23.7 Å². The van der Waals surface area contributed by atoms with Crippen LogP contribution in [0.25, 0.3) is 0 Å². The number of benzene rings is 1. The Kier molecular flexibility index (Phi) is 5.01. The van der Waals surface area contributed by atoms with E-state index in [0.29, 0.717) is 11.4 Å². The summed E-state index contributed by atoms with van der Waals surface area (Å²) < 4.78 is 23.9. The summed E-state index contributed by atoms with van der Waals surface area (Å²) >= 11 is 5.17. The Bertz CT molecular complexity index is 677. The van der Waals surface area contributed by atoms with E-state index in [1.807, 2.05) is 18.2 Å². The summed E-state index contributed by atoms with van der Waals surface area (Å²) in [5, 5.41) is 3.43. The van der Waals surface area contributed by atoms with Crippen LogP contribution in [0.3, 0.4) is 0 Å². The number of hydrogen-bond acceptors (Lipinski definition) is 4. The van der Waals surface area contributed by atoms with Crippen LogP contribution in [-0.4, -0.2) is 14.7 Å². The van der Waals surface area contributed by atoms with Crippen LogP contribution < -0.4 is 5.32 Å². The summed E-state index contributed by atoms with van der Waals surface area (Å²) in [6.45, 7) is 2.82. The van der Waals surface area contributed by atoms with Crippen LogP contribution in [0.2, 0.25) is 0 Å². The molecule has 20 heavy (non-hydrogen) atoms. The third-order valence-electron chi connectivity index (χ3n) is 2.98. The van der Waals surface area contributed by atoms with Crippen molar-refractivity contribution in [1.29, 1.82) is 0 Å². The van der Waals surface area contributed by atoms with Crippen molar-refractivity contribution in [1.82, 2.24) is 5.32 Å². The van der Waals surface area contributed by atoms with Gasteiger partial charge in [-0.15, -0.1) is 11.3 Å². The maximum atomic E-state index is 11.4. The summed E-state index contributed by atoms with van der Waals surface area (Å²) in [6, 6.07) is 11.4. The zero-order chi connectivity index (χ0) is 14.8. The maximum absolute atomic E-state index is 11.4. The highest BCUT2D eigenvalue weighted by molar-refractivity contribution is 9.11. The Morgan fingerprint density at radius 2 is 1.85 bits per heavy atom. The van der Waals surface area contributed by atoms with E-state index in [4.69, 9.17) is 0 Å². The van der Waals surface area contributed by atoms with Gasteiger partial charge in [0.15, 0.2) is 9.84 Å². The third kappa shape index (κ3) is 4.15. The molecule has 0 spiro atoms. The fourth-order valence-electron chi connectivity index (χ4n) is 1.79. The van der Waals surface area contributed by atoms with Crippen molar-refractivity contribution in [3.8, 4) is 0 Å². The summed E-state index contributed by atoms with van der Waals surface area (Å²) in [5.74, 6) is 0. The Morgan fingerprint density at radius 3 is 2.35 bits per heavy atom. The number of thiophene rings is 1. The van der Waals surface area contributed by atoms with Crippen LogP contribution >= 0.6 is 27.3 Å². The van der Waals surface area contributed by atoms with Crippen molar-refractivity contribution in [2.24, 2.45) is 0 Å². The first-order valence-electron chi connectivity index (χ1n) is 6.14. The average Bonchev–Trinajstić information content (AvgIpc) is 2.82. The standard InChI is InChI=1S/C14H16BrNO2S2/c1-10(13-7-8-14(15)19-13)16-9-11-3-5-12(6-4-11)20(2,17)18/h3-8,10,16H,9H2,1-2H3. The lowest BCUT2D eigenvalue weighted by Crippen LogP contribution is -2.17. The third-order valence-corrected chi connectivity index (χ3v) is 5.92. The Hall–Kier alpha value is -0.690. The van der Waals surface area contributed by atoms with Crippen molar-refractivity contribution in [3.05, 3.63) is 50.6 Å². The normalized spacial score (nSPS) is 13.3. The number of nitrogens with one attached hydrogen (secondary N) is 1. The minimum atomic E-state index is -3.12. The van der Waals surface area contributed by atoms with E-state index in [0.717, 1.165) is 9.35 Å². The van der Waals surface area contributed by atoms with Crippen molar-refractivity contribution >= 4 is 37.1 Å². The van der Waals surface area contributed by atoms with Gasteiger partial charge in [0.2, 0.25) is 0 Å². The fraction of sp³-hybridized carbons (Fsp3) is 0.286. The molecule has 1 unspecified atom stereocenters. The molecule has 1 N–H and O–H groups in total. The molecule has 0 aliphatic carbocycles. The summed E-state index contributed by atoms with van der Waals surface area (Å²) in [7, 11) is -3.12. The molecule has 0 amide bonds. The highest BCUT2D eigenvalue weighted by atomic mass is 79.9. The van der Waals surface area contributed by atoms with E-state index < -0.39 is 9.84 Å². The van der Waals surface area contributed by atoms with Crippen molar-refractivity contribution in [2.75, 3.05) is 6.26 Å². The van der Waals surface area contributed by atoms with Crippen molar-refractivity contribution in [2.45, 2.75) is 24.4 Å². The zero-order valence-corrected chi connectivity index (χ0v) is 14.5. The van der Waals surface area contributed by atoms with Gasteiger partial charge >= 0.3 is 0 Å². The molecule has 0 fully saturated rings. The number of halogens is 1. The molecule has 0 bridgehead atoms. The molecule has 1 heterocycles. The zero-order valence-electron chi connectivity index (χ0n) is 11.3. The molecule has 0 saturated heterocycles. The Morgan fingerprint density at radius 1 is 1.20 bits per heavy atom. The topological polar surface area (TPSA) is 46.2 Å². The lowest BCUT2D eigenvalue weighted by atomic mass is 10.2. The number of rotatable bonds is 5. The number of hydrogen-bond donors (Lipinski definition) is 1. The van der Waals surface area contributed by atoms with Crippen LogP contribution in [0.4, 0.5) is 0 Å². The molecule has 3 nitrogen and oxygen atoms in total. The Balaban J connectivity index is 1.97. The van der Waals surface area contributed by atoms with Gasteiger partial charge in [-0.1, -0.05) is 12.1 Å². The van der Waals surface area contributed by atoms with E-state index in [-0.39, 0.29) is 6.04 Å². The van der Waals surface area contributed by atoms with Crippen LogP contribution in [0.5, 0.6) is 0 Å². The SMILES string of the molecule is CC(NCc1ccc(S(C)(=O)=O)cc1)c1ccc(Br)s1. The second-order valence-electron chi connectivity index (χ2n) is 4.66. The molecule has 2 rings (SSSR count). The molecule has 0 saturated carbocycles. The van der Waals surface area contributed by atoms with Crippen LogP contribution in [0.1, 0.15) is 23.4 Å². The van der Waals surface area contributed by atoms with E-state index in [9.17, 15) is 8.42 Å². The molecular weight excluding hydrogens is 358 g/mol. The average molecular weight is 374 g/mol. The molecular formula is C14H16BrNO2S2. The fourth-order valence-corrected chi connectivity index (χ4v) is 3.87. The van der Waals surface area contributed by atoms with Crippen molar-refractivity contribution in [3.63, 3.8) is 0 Å². The Labute approximate surface area is 132 Å². The molecule has 1 atom stereocenters.